The van der Waals surface area contributed by atoms with E-state index in [0.717, 1.165) is 12.1 Å². The highest BCUT2D eigenvalue weighted by atomic mass is 19.2. The van der Waals surface area contributed by atoms with Crippen LogP contribution in [0.1, 0.15) is 18.1 Å². The van der Waals surface area contributed by atoms with Crippen LogP contribution in [0.25, 0.3) is 0 Å². The zero-order valence-electron chi connectivity index (χ0n) is 11.0. The fourth-order valence-electron chi connectivity index (χ4n) is 2.16. The maximum atomic E-state index is 14.0. The number of ether oxygens (including phenoxy) is 1. The molecule has 5 heteroatoms. The largest absolute Gasteiger partial charge is 0.496 e. The highest BCUT2D eigenvalue weighted by Crippen LogP contribution is 2.38. The number of rotatable bonds is 3. The lowest BCUT2D eigenvalue weighted by Gasteiger charge is -2.27. The second-order valence-electron chi connectivity index (χ2n) is 4.49. The summed E-state index contributed by atoms with van der Waals surface area (Å²) >= 11 is 0. The Kier molecular flexibility index (Phi) is 3.72. The topological polar surface area (TPSA) is 29.5 Å². The summed E-state index contributed by atoms with van der Waals surface area (Å²) in [6, 6.07) is 7.32. The maximum absolute atomic E-state index is 14.0. The average Bonchev–Trinajstić information content (AvgIpc) is 2.41. The van der Waals surface area contributed by atoms with Crippen molar-refractivity contribution >= 4 is 0 Å². The van der Waals surface area contributed by atoms with Crippen LogP contribution in [0.15, 0.2) is 36.4 Å². The number of halogens is 3. The molecule has 0 spiro atoms. The van der Waals surface area contributed by atoms with Crippen LogP contribution in [-0.2, 0) is 5.60 Å². The predicted octanol–water partition coefficient (Wildman–Crippen LogP) is 3.37. The Bertz CT molecular complexity index is 639. The van der Waals surface area contributed by atoms with Gasteiger partial charge < -0.3 is 9.84 Å². The molecular formula is C15H13F3O2. The van der Waals surface area contributed by atoms with E-state index >= 15 is 0 Å². The van der Waals surface area contributed by atoms with Crippen LogP contribution in [0.5, 0.6) is 5.75 Å². The Morgan fingerprint density at radius 3 is 2.25 bits per heavy atom. The smallest absolute Gasteiger partial charge is 0.165 e. The minimum Gasteiger partial charge on any atom is -0.496 e. The van der Waals surface area contributed by atoms with Gasteiger partial charge in [0, 0.05) is 5.56 Å². The van der Waals surface area contributed by atoms with Gasteiger partial charge in [0.1, 0.15) is 17.2 Å². The third-order valence-electron chi connectivity index (χ3n) is 3.16. The minimum absolute atomic E-state index is 0.0543. The number of aliphatic hydroxyl groups is 1. The minimum atomic E-state index is -2.07. The Labute approximate surface area is 114 Å². The molecule has 0 saturated heterocycles. The lowest BCUT2D eigenvalue weighted by atomic mass is 9.86. The Hall–Kier alpha value is -2.01. The van der Waals surface area contributed by atoms with Crippen LogP contribution < -0.4 is 4.74 Å². The molecule has 0 aliphatic carbocycles. The number of methoxy groups -OCH3 is 1. The zero-order chi connectivity index (χ0) is 14.9. The first-order valence-electron chi connectivity index (χ1n) is 5.89. The van der Waals surface area contributed by atoms with E-state index in [1.54, 1.807) is 0 Å². The highest BCUT2D eigenvalue weighted by molar-refractivity contribution is 5.45. The van der Waals surface area contributed by atoms with E-state index in [-0.39, 0.29) is 16.9 Å². The van der Waals surface area contributed by atoms with Crippen LogP contribution in [0.2, 0.25) is 0 Å². The SMILES string of the molecule is COc1cccc(F)c1C(C)(O)c1cccc(F)c1F. The predicted molar refractivity (Wildman–Crippen MR) is 68.0 cm³/mol. The van der Waals surface area contributed by atoms with Crippen molar-refractivity contribution in [2.75, 3.05) is 7.11 Å². The summed E-state index contributed by atoms with van der Waals surface area (Å²) in [6.45, 7) is 1.19. The van der Waals surface area contributed by atoms with Crippen LogP contribution in [0.4, 0.5) is 13.2 Å². The van der Waals surface area contributed by atoms with Gasteiger partial charge in [-0.25, -0.2) is 13.2 Å². The standard InChI is InChI=1S/C15H13F3O2/c1-15(19,9-5-3-7-11(17)14(9)18)13-10(16)6-4-8-12(13)20-2/h3-8,19H,1-2H3. The number of benzene rings is 2. The van der Waals surface area contributed by atoms with Gasteiger partial charge in [0.15, 0.2) is 11.6 Å². The summed E-state index contributed by atoms with van der Waals surface area (Å²) in [7, 11) is 1.30. The molecular weight excluding hydrogens is 269 g/mol. The van der Waals surface area contributed by atoms with E-state index < -0.39 is 23.1 Å². The molecule has 0 saturated carbocycles. The molecule has 0 aliphatic heterocycles. The normalized spacial score (nSPS) is 13.9. The summed E-state index contributed by atoms with van der Waals surface area (Å²) in [5, 5.41) is 10.5. The molecule has 106 valence electrons. The van der Waals surface area contributed by atoms with E-state index in [9.17, 15) is 18.3 Å². The van der Waals surface area contributed by atoms with Gasteiger partial charge in [-0.15, -0.1) is 0 Å². The summed E-state index contributed by atoms with van der Waals surface area (Å²) in [4.78, 5) is 0. The molecule has 0 bridgehead atoms. The fraction of sp³-hybridized carbons (Fsp3) is 0.200. The van der Waals surface area contributed by atoms with Crippen molar-refractivity contribution in [3.8, 4) is 5.75 Å². The van der Waals surface area contributed by atoms with E-state index in [2.05, 4.69) is 0 Å². The van der Waals surface area contributed by atoms with Crippen LogP contribution in [0.3, 0.4) is 0 Å². The van der Waals surface area contributed by atoms with Crippen molar-refractivity contribution in [2.45, 2.75) is 12.5 Å². The molecule has 0 aliphatic rings. The first-order valence-corrected chi connectivity index (χ1v) is 5.89. The molecule has 2 aromatic carbocycles. The molecule has 0 aromatic heterocycles. The van der Waals surface area contributed by atoms with Crippen LogP contribution in [-0.4, -0.2) is 12.2 Å². The summed E-state index contributed by atoms with van der Waals surface area (Å²) in [5.41, 5.74) is -2.67. The Morgan fingerprint density at radius 1 is 1.00 bits per heavy atom. The van der Waals surface area contributed by atoms with E-state index in [0.29, 0.717) is 0 Å². The molecule has 1 N–H and O–H groups in total. The van der Waals surface area contributed by atoms with Gasteiger partial charge in [0.05, 0.1) is 12.7 Å². The summed E-state index contributed by atoms with van der Waals surface area (Å²) in [6.07, 6.45) is 0. The van der Waals surface area contributed by atoms with Crippen molar-refractivity contribution < 1.29 is 23.0 Å². The summed E-state index contributed by atoms with van der Waals surface area (Å²) < 4.78 is 46.1. The van der Waals surface area contributed by atoms with Crippen LogP contribution in [0, 0.1) is 17.5 Å². The second kappa shape index (κ2) is 5.17. The first-order chi connectivity index (χ1) is 9.39. The maximum Gasteiger partial charge on any atom is 0.165 e. The van der Waals surface area contributed by atoms with E-state index in [4.69, 9.17) is 4.74 Å². The van der Waals surface area contributed by atoms with E-state index in [1.807, 2.05) is 0 Å². The molecule has 0 radical (unpaired) electrons. The van der Waals surface area contributed by atoms with Crippen LogP contribution >= 0.6 is 0 Å². The Balaban J connectivity index is 2.70. The molecule has 2 rings (SSSR count). The molecule has 0 heterocycles. The molecule has 20 heavy (non-hydrogen) atoms. The van der Waals surface area contributed by atoms with Gasteiger partial charge in [-0.2, -0.15) is 0 Å². The van der Waals surface area contributed by atoms with Crippen molar-refractivity contribution in [2.24, 2.45) is 0 Å². The molecule has 2 nitrogen and oxygen atoms in total. The average molecular weight is 282 g/mol. The molecule has 1 atom stereocenters. The number of hydrogen-bond donors (Lipinski definition) is 1. The Morgan fingerprint density at radius 2 is 1.60 bits per heavy atom. The summed E-state index contributed by atoms with van der Waals surface area (Å²) in [5.74, 6) is -3.04. The molecule has 1 unspecified atom stereocenters. The third kappa shape index (κ3) is 2.25. The van der Waals surface area contributed by atoms with E-state index in [1.165, 1.54) is 38.3 Å². The second-order valence-corrected chi connectivity index (χ2v) is 4.49. The first kappa shape index (κ1) is 14.4. The van der Waals surface area contributed by atoms with Gasteiger partial charge in [0.2, 0.25) is 0 Å². The van der Waals surface area contributed by atoms with Gasteiger partial charge >= 0.3 is 0 Å². The van der Waals surface area contributed by atoms with Gasteiger partial charge in [-0.1, -0.05) is 18.2 Å². The van der Waals surface area contributed by atoms with Crippen molar-refractivity contribution in [1.82, 2.24) is 0 Å². The lowest BCUT2D eigenvalue weighted by Crippen LogP contribution is -2.27. The van der Waals surface area contributed by atoms with Gasteiger partial charge in [-0.3, -0.25) is 0 Å². The lowest BCUT2D eigenvalue weighted by molar-refractivity contribution is 0.0895. The van der Waals surface area contributed by atoms with Crippen molar-refractivity contribution in [1.29, 1.82) is 0 Å². The quantitative estimate of drug-likeness (QED) is 0.935. The highest BCUT2D eigenvalue weighted by Gasteiger charge is 2.35. The van der Waals surface area contributed by atoms with Crippen molar-refractivity contribution in [3.63, 3.8) is 0 Å². The monoisotopic (exact) mass is 282 g/mol. The third-order valence-corrected chi connectivity index (χ3v) is 3.16. The number of hydrogen-bond acceptors (Lipinski definition) is 2. The zero-order valence-corrected chi connectivity index (χ0v) is 11.0. The van der Waals surface area contributed by atoms with Gasteiger partial charge in [0.25, 0.3) is 0 Å². The van der Waals surface area contributed by atoms with Crippen molar-refractivity contribution in [3.05, 3.63) is 65.0 Å². The molecule has 2 aromatic rings. The fourth-order valence-corrected chi connectivity index (χ4v) is 2.16. The molecule has 0 fully saturated rings. The van der Waals surface area contributed by atoms with Gasteiger partial charge in [-0.05, 0) is 25.1 Å². The molecule has 0 amide bonds.